The van der Waals surface area contributed by atoms with Crippen molar-refractivity contribution in [3.8, 4) is 0 Å². The number of carbonyl (C=O) groups excluding carboxylic acids is 1. The van der Waals surface area contributed by atoms with Crippen LogP contribution in [0.5, 0.6) is 0 Å². The summed E-state index contributed by atoms with van der Waals surface area (Å²) >= 11 is 0. The molecule has 8 heteroatoms. The van der Waals surface area contributed by atoms with Gasteiger partial charge in [-0.2, -0.15) is 0 Å². The predicted molar refractivity (Wildman–Crippen MR) is 39.2 cm³/mol. The van der Waals surface area contributed by atoms with Crippen molar-refractivity contribution in [3.05, 3.63) is 0 Å². The standard InChI is InChI=1S/C5H13N2O4P.Zn/c6-2-1-5(8)7-3-4-12(9,10)11;/h1-4,6H2,(H,7,8)(H2,9,10,11);/q;+2/p-2. The predicted octanol–water partition coefficient (Wildman–Crippen LogP) is -2.64. The smallest absolute Gasteiger partial charge is 0.811 e. The number of hydrogen-bond donors (Lipinski definition) is 2. The molecule has 0 aliphatic rings. The Hall–Kier alpha value is 0.203. The van der Waals surface area contributed by atoms with Gasteiger partial charge in [0.15, 0.2) is 0 Å². The molecule has 0 rings (SSSR count). The van der Waals surface area contributed by atoms with Gasteiger partial charge in [-0.25, -0.2) is 0 Å². The molecule has 0 unspecified atom stereocenters. The molecule has 0 aromatic carbocycles. The van der Waals surface area contributed by atoms with Gasteiger partial charge in [-0.15, -0.1) is 0 Å². The fraction of sp³-hybridized carbons (Fsp3) is 0.800. The molecule has 0 aliphatic carbocycles. The third-order valence-electron chi connectivity index (χ3n) is 1.08. The molecule has 0 spiro atoms. The Bertz CT molecular complexity index is 195. The van der Waals surface area contributed by atoms with E-state index in [-0.39, 0.29) is 44.9 Å². The molecule has 0 aliphatic heterocycles. The molecular weight excluding hydrogens is 248 g/mol. The van der Waals surface area contributed by atoms with Crippen molar-refractivity contribution < 1.29 is 38.6 Å². The van der Waals surface area contributed by atoms with Gasteiger partial charge >= 0.3 is 19.5 Å². The number of hydrogen-bond acceptors (Lipinski definition) is 5. The van der Waals surface area contributed by atoms with Crippen molar-refractivity contribution >= 4 is 13.5 Å². The first kappa shape index (κ1) is 15.7. The molecule has 0 atom stereocenters. The molecule has 0 aromatic heterocycles. The van der Waals surface area contributed by atoms with Gasteiger partial charge in [0.2, 0.25) is 5.91 Å². The van der Waals surface area contributed by atoms with Crippen LogP contribution in [0, 0.1) is 0 Å². The van der Waals surface area contributed by atoms with Crippen LogP contribution in [0.3, 0.4) is 0 Å². The number of nitrogens with one attached hydrogen (secondary N) is 1. The largest absolute Gasteiger partial charge is 2.00 e. The Morgan fingerprint density at radius 2 is 2.00 bits per heavy atom. The second-order valence-electron chi connectivity index (χ2n) is 2.22. The Morgan fingerprint density at radius 3 is 2.38 bits per heavy atom. The quantitative estimate of drug-likeness (QED) is 0.413. The maximum absolute atomic E-state index is 10.6. The van der Waals surface area contributed by atoms with E-state index in [4.69, 9.17) is 5.73 Å². The Morgan fingerprint density at radius 1 is 1.46 bits per heavy atom. The van der Waals surface area contributed by atoms with Crippen LogP contribution in [0.1, 0.15) is 6.42 Å². The van der Waals surface area contributed by atoms with E-state index < -0.39 is 13.8 Å². The van der Waals surface area contributed by atoms with Crippen LogP contribution in [-0.4, -0.2) is 25.2 Å². The molecule has 0 aromatic rings. The first-order chi connectivity index (χ1) is 5.45. The van der Waals surface area contributed by atoms with Crippen molar-refractivity contribution in [2.75, 3.05) is 19.3 Å². The van der Waals surface area contributed by atoms with Gasteiger partial charge in [0.25, 0.3) is 0 Å². The Labute approximate surface area is 89.2 Å². The van der Waals surface area contributed by atoms with Crippen molar-refractivity contribution in [1.82, 2.24) is 5.32 Å². The van der Waals surface area contributed by atoms with Gasteiger partial charge in [0, 0.05) is 19.5 Å². The average molecular weight is 260 g/mol. The van der Waals surface area contributed by atoms with E-state index in [1.807, 2.05) is 0 Å². The molecule has 0 heterocycles. The summed E-state index contributed by atoms with van der Waals surface area (Å²) in [5.41, 5.74) is 5.05. The summed E-state index contributed by atoms with van der Waals surface area (Å²) in [6.07, 6.45) is -0.411. The topological polar surface area (TPSA) is 118 Å². The van der Waals surface area contributed by atoms with Crippen molar-refractivity contribution in [3.63, 3.8) is 0 Å². The van der Waals surface area contributed by atoms with Crippen LogP contribution >= 0.6 is 7.60 Å². The summed E-state index contributed by atoms with van der Waals surface area (Å²) in [6, 6.07) is 0. The maximum atomic E-state index is 10.6. The van der Waals surface area contributed by atoms with E-state index in [9.17, 15) is 19.1 Å². The zero-order chi connectivity index (χ0) is 9.61. The summed E-state index contributed by atoms with van der Waals surface area (Å²) in [6.45, 7) is 0.0708. The zero-order valence-corrected chi connectivity index (χ0v) is 11.1. The summed E-state index contributed by atoms with van der Waals surface area (Å²) in [7, 11) is -4.49. The second-order valence-corrected chi connectivity index (χ2v) is 3.89. The maximum Gasteiger partial charge on any atom is 2.00 e. The monoisotopic (exact) mass is 258 g/mol. The summed E-state index contributed by atoms with van der Waals surface area (Å²) < 4.78 is 10.1. The molecule has 0 bridgehead atoms. The van der Waals surface area contributed by atoms with E-state index >= 15 is 0 Å². The average Bonchev–Trinajstić information content (AvgIpc) is 1.84. The third-order valence-corrected chi connectivity index (χ3v) is 1.85. The number of carbonyl (C=O) groups is 1. The van der Waals surface area contributed by atoms with Crippen LogP contribution in [0.25, 0.3) is 0 Å². The van der Waals surface area contributed by atoms with Crippen LogP contribution in [0.15, 0.2) is 0 Å². The molecule has 13 heavy (non-hydrogen) atoms. The number of rotatable bonds is 5. The van der Waals surface area contributed by atoms with Crippen molar-refractivity contribution in [2.45, 2.75) is 6.42 Å². The van der Waals surface area contributed by atoms with Crippen LogP contribution < -0.4 is 20.8 Å². The minimum Gasteiger partial charge on any atom is -0.811 e. The molecule has 0 fully saturated rings. The number of amides is 1. The fourth-order valence-electron chi connectivity index (χ4n) is 0.552. The summed E-state index contributed by atoms with van der Waals surface area (Å²) in [5, 5.41) is 2.25. The van der Waals surface area contributed by atoms with Gasteiger partial charge in [0.05, 0.1) is 0 Å². The Kier molecular flexibility index (Phi) is 9.15. The van der Waals surface area contributed by atoms with Gasteiger partial charge < -0.3 is 25.4 Å². The minimum atomic E-state index is -4.49. The van der Waals surface area contributed by atoms with Crippen LogP contribution in [-0.2, 0) is 28.8 Å². The zero-order valence-electron chi connectivity index (χ0n) is 7.19. The SMILES string of the molecule is NCCC(=O)NCCP(=O)([O-])[O-].[Zn+2]. The van der Waals surface area contributed by atoms with Crippen LogP contribution in [0.2, 0.25) is 0 Å². The second kappa shape index (κ2) is 7.59. The molecule has 6 nitrogen and oxygen atoms in total. The first-order valence-electron chi connectivity index (χ1n) is 3.43. The van der Waals surface area contributed by atoms with Crippen molar-refractivity contribution in [2.24, 2.45) is 5.73 Å². The first-order valence-corrected chi connectivity index (χ1v) is 5.16. The molecular formula is C5H11N2O4PZn. The number of nitrogens with two attached hydrogens (primary N) is 1. The van der Waals surface area contributed by atoms with E-state index in [1.54, 1.807) is 0 Å². The molecule has 72 valence electrons. The fourth-order valence-corrected chi connectivity index (χ4v) is 0.937. The normalized spacial score (nSPS) is 10.4. The van der Waals surface area contributed by atoms with E-state index in [1.165, 1.54) is 0 Å². The minimum absolute atomic E-state index is 0. The van der Waals surface area contributed by atoms with Crippen LogP contribution in [0.4, 0.5) is 0 Å². The summed E-state index contributed by atoms with van der Waals surface area (Å²) in [4.78, 5) is 30.8. The summed E-state index contributed by atoms with van der Waals surface area (Å²) in [5.74, 6) is -0.342. The molecule has 1 amide bonds. The van der Waals surface area contributed by atoms with Gasteiger partial charge in [0.1, 0.15) is 0 Å². The van der Waals surface area contributed by atoms with E-state index in [2.05, 4.69) is 5.32 Å². The van der Waals surface area contributed by atoms with Gasteiger partial charge in [-0.05, 0) is 6.16 Å². The third kappa shape index (κ3) is 12.2. The van der Waals surface area contributed by atoms with Gasteiger partial charge in [-0.1, -0.05) is 7.60 Å². The van der Waals surface area contributed by atoms with Gasteiger partial charge in [-0.3, -0.25) is 4.79 Å². The molecule has 0 saturated heterocycles. The van der Waals surface area contributed by atoms with Crippen molar-refractivity contribution in [1.29, 1.82) is 0 Å². The van der Waals surface area contributed by atoms with E-state index in [0.717, 1.165) is 0 Å². The molecule has 0 radical (unpaired) electrons. The molecule has 3 N–H and O–H groups in total. The molecule has 0 saturated carbocycles. The van der Waals surface area contributed by atoms with E-state index in [0.29, 0.717) is 0 Å². The Balaban J connectivity index is 0.